The molecule has 5 amide bonds. The normalized spacial score (nSPS) is 10.3. The van der Waals surface area contributed by atoms with Crippen molar-refractivity contribution in [3.63, 3.8) is 0 Å². The zero-order valence-corrected chi connectivity index (χ0v) is 49.7. The molecule has 0 spiro atoms. The van der Waals surface area contributed by atoms with Crippen LogP contribution >= 0.6 is 0 Å². The van der Waals surface area contributed by atoms with Crippen molar-refractivity contribution in [3.05, 3.63) is 55.6 Å². The molecule has 454 valence electrons. The number of nitrogens with one attached hydrogen (secondary N) is 4. The maximum atomic E-state index is 13.5. The highest BCUT2D eigenvalue weighted by atomic mass is 16.3. The van der Waals surface area contributed by atoms with Gasteiger partial charge in [0.15, 0.2) is 0 Å². The molecule has 14 N–H and O–H groups in total. The predicted octanol–water partition coefficient (Wildman–Crippen LogP) is 2.61. The lowest BCUT2D eigenvalue weighted by Crippen LogP contribution is -2.45. The number of aliphatic hydroxyl groups excluding tert-OH is 10. The first kappa shape index (κ1) is 88.5. The quantitative estimate of drug-likeness (QED) is 0.0672. The summed E-state index contributed by atoms with van der Waals surface area (Å²) in [4.78, 5) is 73.4. The van der Waals surface area contributed by atoms with Crippen LogP contribution in [0.5, 0.6) is 0 Å². The molecule has 22 heteroatoms. The molecule has 0 heterocycles. The number of hydrogen-bond donors (Lipinski definition) is 14. The average molecular weight is 1110 g/mol. The van der Waals surface area contributed by atoms with Gasteiger partial charge >= 0.3 is 0 Å². The van der Waals surface area contributed by atoms with Crippen molar-refractivity contribution in [1.29, 1.82) is 0 Å². The van der Waals surface area contributed by atoms with E-state index in [4.69, 9.17) is 15.0 Å². The molecule has 0 aliphatic rings. The Morgan fingerprint density at radius 1 is 0.442 bits per heavy atom. The molecule has 0 bridgehead atoms. The molecule has 0 aliphatic heterocycles. The number of likely N-dealkylation sites (N-methyl/N-ethyl adjacent to an activating group) is 1. The Kier molecular flexibility index (Phi) is 62.3. The van der Waals surface area contributed by atoms with Gasteiger partial charge in [-0.3, -0.25) is 24.0 Å². The smallest absolute Gasteiger partial charge is 0.252 e. The van der Waals surface area contributed by atoms with E-state index in [1.807, 2.05) is 104 Å². The zero-order valence-electron chi connectivity index (χ0n) is 49.7. The second kappa shape index (κ2) is 54.2. The highest BCUT2D eigenvalue weighted by molar-refractivity contribution is 6.07. The molecule has 77 heavy (non-hydrogen) atoms. The van der Waals surface area contributed by atoms with Crippen molar-refractivity contribution in [2.75, 3.05) is 82.8 Å². The largest absolute Gasteiger partial charge is 0.394 e. The summed E-state index contributed by atoms with van der Waals surface area (Å²) < 4.78 is 0. The second-order valence-electron chi connectivity index (χ2n) is 14.9. The number of hydrogen-bond acceptors (Lipinski definition) is 17. The molecule has 2 rings (SSSR count). The van der Waals surface area contributed by atoms with E-state index in [0.717, 1.165) is 16.0 Å². The lowest BCUT2D eigenvalue weighted by atomic mass is 9.89. The maximum Gasteiger partial charge on any atom is 0.252 e. The third-order valence-corrected chi connectivity index (χ3v) is 10.6. The van der Waals surface area contributed by atoms with E-state index < -0.39 is 100 Å². The number of carbonyl (C=O) groups excluding carboxylic acids is 6. The molecule has 0 radical (unpaired) electrons. The van der Waals surface area contributed by atoms with Gasteiger partial charge in [-0.15, -0.1) is 0 Å². The van der Waals surface area contributed by atoms with Crippen LogP contribution in [0.3, 0.4) is 0 Å². The predicted molar refractivity (Wildman–Crippen MR) is 310 cm³/mol. The molecule has 2 atom stereocenters. The van der Waals surface area contributed by atoms with Crippen molar-refractivity contribution < 1.29 is 79.8 Å². The van der Waals surface area contributed by atoms with Gasteiger partial charge < -0.3 is 86.9 Å². The summed E-state index contributed by atoms with van der Waals surface area (Å²) in [6.45, 7) is 33.3. The lowest BCUT2D eigenvalue weighted by Gasteiger charge is -2.33. The van der Waals surface area contributed by atoms with Crippen LogP contribution in [0.2, 0.25) is 0 Å². The Balaban J connectivity index is -0.000000297. The molecule has 2 unspecified atom stereocenters. The third kappa shape index (κ3) is 28.9. The van der Waals surface area contributed by atoms with E-state index in [1.54, 1.807) is 25.8 Å². The fourth-order valence-electron chi connectivity index (χ4n) is 7.04. The van der Waals surface area contributed by atoms with Crippen molar-refractivity contribution in [2.45, 2.75) is 175 Å². The number of benzene rings is 2. The SMILES string of the molecule is C.C=O.CC.CC.CC.CC.CC.CC.Cc1c(C)c(C(=O)NC(CO)CO)c(C)c(N(C)CC(O)C(O)CN(C=O)c2c(C)c(C(=O)NC(CO)CO)c(C)c(C(=O)NC(CO)CO)c2C)c1C.O=CNC(CO)CO. The van der Waals surface area contributed by atoms with Gasteiger partial charge in [0.25, 0.3) is 17.7 Å². The minimum absolute atomic E-state index is 0. The van der Waals surface area contributed by atoms with Crippen molar-refractivity contribution in [3.8, 4) is 0 Å². The number of amides is 5. The Labute approximate surface area is 462 Å². The molecule has 0 fully saturated rings. The summed E-state index contributed by atoms with van der Waals surface area (Å²) in [5.74, 6) is -2.06. The molecule has 0 aliphatic carbocycles. The van der Waals surface area contributed by atoms with E-state index in [-0.39, 0.29) is 60.7 Å². The van der Waals surface area contributed by atoms with Gasteiger partial charge in [0.2, 0.25) is 12.8 Å². The second-order valence-corrected chi connectivity index (χ2v) is 14.9. The first-order valence-corrected chi connectivity index (χ1v) is 26.1. The monoisotopic (exact) mass is 1110 g/mol. The van der Waals surface area contributed by atoms with Crippen LogP contribution in [-0.4, -0.2) is 198 Å². The van der Waals surface area contributed by atoms with Crippen LogP contribution in [-0.2, 0) is 14.4 Å². The molecule has 0 aromatic heterocycles. The first-order chi connectivity index (χ1) is 36.2. The van der Waals surface area contributed by atoms with Gasteiger partial charge in [-0.1, -0.05) is 90.5 Å². The fraction of sp³-hybridized carbons (Fsp3) is 0.673. The van der Waals surface area contributed by atoms with Crippen LogP contribution < -0.4 is 31.1 Å². The zero-order chi connectivity index (χ0) is 61.6. The van der Waals surface area contributed by atoms with Crippen LogP contribution in [0, 0.1) is 48.5 Å². The number of aliphatic hydroxyl groups is 10. The van der Waals surface area contributed by atoms with Gasteiger partial charge in [0.05, 0.1) is 101 Å². The molecule has 2 aromatic rings. The number of nitrogens with zero attached hydrogens (tertiary/aromatic N) is 2. The molecule has 0 saturated carbocycles. The Hall–Kier alpha value is -5.14. The number of rotatable bonds is 24. The summed E-state index contributed by atoms with van der Waals surface area (Å²) in [5.41, 5.74) is 4.25. The molecule has 0 saturated heterocycles. The highest BCUT2D eigenvalue weighted by Crippen LogP contribution is 2.35. The average Bonchev–Trinajstić information content (AvgIpc) is 3.45. The molecular formula is C55H108N6O16. The summed E-state index contributed by atoms with van der Waals surface area (Å²) in [6, 6.07) is -3.47. The van der Waals surface area contributed by atoms with Gasteiger partial charge in [-0.25, -0.2) is 0 Å². The van der Waals surface area contributed by atoms with Crippen LogP contribution in [0.4, 0.5) is 11.4 Å². The van der Waals surface area contributed by atoms with Gasteiger partial charge in [-0.2, -0.15) is 0 Å². The number of anilines is 2. The molecule has 2 aromatic carbocycles. The maximum absolute atomic E-state index is 13.5. The van der Waals surface area contributed by atoms with Gasteiger partial charge in [0, 0.05) is 36.0 Å². The summed E-state index contributed by atoms with van der Waals surface area (Å²) in [6.07, 6.45) is -2.25. The summed E-state index contributed by atoms with van der Waals surface area (Å²) >= 11 is 0. The Bertz CT molecular complexity index is 1790. The van der Waals surface area contributed by atoms with Crippen molar-refractivity contribution >= 4 is 48.7 Å². The van der Waals surface area contributed by atoms with Gasteiger partial charge in [-0.05, 0) is 87.4 Å². The Morgan fingerprint density at radius 3 is 0.974 bits per heavy atom. The van der Waals surface area contributed by atoms with E-state index in [0.29, 0.717) is 35.2 Å². The standard InChI is InChI=1S/C37H57N5O12.C4H9NO3.6C2H6.CH2O.CH4/c1-18-19(2)30(35(52)38-25(11-43)12-44)22(5)33(20(18)3)41(8)9-28(50)29(51)10-42(17-49)34-23(6)31(36(53)39-26(13-45)14-46)21(4)32(24(34)7)37(54)40-27(15-47)16-48;6-1-4(2-7)5-3-8;7*1-2;/h17,25-29,43-48,50-51H,9-16H2,1-8H3,(H,38,52)(H,39,53)(H,40,54);3-4,6-7H,1-2H2,(H,5,8);6*1-2H3;1H2;1H4. The van der Waals surface area contributed by atoms with Crippen LogP contribution in [0.1, 0.15) is 161 Å². The first-order valence-electron chi connectivity index (χ1n) is 26.1. The van der Waals surface area contributed by atoms with E-state index in [1.165, 1.54) is 20.8 Å². The molecular weight excluding hydrogens is 1000 g/mol. The highest BCUT2D eigenvalue weighted by Gasteiger charge is 2.32. The minimum atomic E-state index is -1.58. The van der Waals surface area contributed by atoms with Crippen molar-refractivity contribution in [2.24, 2.45) is 0 Å². The van der Waals surface area contributed by atoms with Crippen molar-refractivity contribution in [1.82, 2.24) is 21.3 Å². The molecule has 22 nitrogen and oxygen atoms in total. The van der Waals surface area contributed by atoms with Gasteiger partial charge in [0.1, 0.15) is 6.79 Å². The van der Waals surface area contributed by atoms with E-state index >= 15 is 0 Å². The summed E-state index contributed by atoms with van der Waals surface area (Å²) in [7, 11) is 1.66. The minimum Gasteiger partial charge on any atom is -0.394 e. The third-order valence-electron chi connectivity index (χ3n) is 10.6. The lowest BCUT2D eigenvalue weighted by molar-refractivity contribution is -0.110. The topological polar surface area (TPSA) is 359 Å². The van der Waals surface area contributed by atoms with E-state index in [9.17, 15) is 64.8 Å². The van der Waals surface area contributed by atoms with Crippen LogP contribution in [0.15, 0.2) is 0 Å². The van der Waals surface area contributed by atoms with Crippen LogP contribution in [0.25, 0.3) is 0 Å². The Morgan fingerprint density at radius 2 is 0.714 bits per heavy atom. The van der Waals surface area contributed by atoms with E-state index in [2.05, 4.69) is 21.3 Å². The summed E-state index contributed by atoms with van der Waals surface area (Å²) in [5, 5.41) is 106. The number of carbonyl (C=O) groups is 6. The fourth-order valence-corrected chi connectivity index (χ4v) is 7.04.